The summed E-state index contributed by atoms with van der Waals surface area (Å²) in [4.78, 5) is 4.54. The maximum Gasteiger partial charge on any atom is 0.132 e. The molecule has 0 saturated heterocycles. The number of anilines is 1. The summed E-state index contributed by atoms with van der Waals surface area (Å²) in [5.74, 6) is 2.54. The number of nitrogens with zero attached hydrogens (tertiary/aromatic N) is 2. The largest absolute Gasteiger partial charge is 0.374 e. The van der Waals surface area contributed by atoms with Gasteiger partial charge in [0.25, 0.3) is 0 Å². The van der Waals surface area contributed by atoms with Gasteiger partial charge >= 0.3 is 0 Å². The lowest BCUT2D eigenvalue weighted by atomic mass is 10.2. The Labute approximate surface area is 97.6 Å². The summed E-state index contributed by atoms with van der Waals surface area (Å²) in [7, 11) is 1.92. The summed E-state index contributed by atoms with van der Waals surface area (Å²) in [5, 5.41) is 3.18. The molecule has 0 radical (unpaired) electrons. The van der Waals surface area contributed by atoms with Crippen LogP contribution in [0.15, 0.2) is 22.8 Å². The van der Waals surface area contributed by atoms with Gasteiger partial charge in [0.2, 0.25) is 0 Å². The molecule has 0 aliphatic heterocycles. The molecule has 1 N–H and O–H groups in total. The molecule has 4 heteroatoms. The van der Waals surface area contributed by atoms with E-state index in [0.717, 1.165) is 21.8 Å². The van der Waals surface area contributed by atoms with Crippen molar-refractivity contribution < 1.29 is 0 Å². The van der Waals surface area contributed by atoms with Crippen LogP contribution in [0.5, 0.6) is 0 Å². The highest BCUT2D eigenvalue weighted by molar-refractivity contribution is 9.10. The summed E-state index contributed by atoms with van der Waals surface area (Å²) in [6.45, 7) is 4.29. The molecular formula is C11H14BrN3. The minimum atomic E-state index is 0.401. The zero-order valence-corrected chi connectivity index (χ0v) is 10.7. The Morgan fingerprint density at radius 1 is 1.40 bits per heavy atom. The van der Waals surface area contributed by atoms with Crippen molar-refractivity contribution in [2.45, 2.75) is 19.8 Å². The molecule has 2 aromatic heterocycles. The molecule has 0 bridgehead atoms. The molecule has 0 fully saturated rings. The standard InChI is InChI=1S/C11H14BrN3/c1-7(2)11-14-10(12)8-5-4-6-9(13-3)15(8)11/h4-7,13H,1-3H3. The lowest BCUT2D eigenvalue weighted by Crippen LogP contribution is -2.02. The number of hydrogen-bond donors (Lipinski definition) is 1. The Morgan fingerprint density at radius 2 is 2.13 bits per heavy atom. The lowest BCUT2D eigenvalue weighted by molar-refractivity contribution is 0.771. The number of rotatable bonds is 2. The van der Waals surface area contributed by atoms with Crippen molar-refractivity contribution in [2.24, 2.45) is 0 Å². The van der Waals surface area contributed by atoms with Gasteiger partial charge in [-0.05, 0) is 28.1 Å². The topological polar surface area (TPSA) is 29.3 Å². The van der Waals surface area contributed by atoms with Crippen molar-refractivity contribution in [1.29, 1.82) is 0 Å². The van der Waals surface area contributed by atoms with E-state index in [0.29, 0.717) is 5.92 Å². The molecule has 0 unspecified atom stereocenters. The van der Waals surface area contributed by atoms with Gasteiger partial charge in [0.05, 0.1) is 5.52 Å². The molecular weight excluding hydrogens is 254 g/mol. The van der Waals surface area contributed by atoms with Crippen LogP contribution in [0.4, 0.5) is 5.82 Å². The number of fused-ring (bicyclic) bond motifs is 1. The van der Waals surface area contributed by atoms with E-state index in [1.54, 1.807) is 0 Å². The van der Waals surface area contributed by atoms with Gasteiger partial charge in [-0.3, -0.25) is 4.40 Å². The predicted molar refractivity (Wildman–Crippen MR) is 66.5 cm³/mol. The normalized spacial score (nSPS) is 11.3. The maximum atomic E-state index is 4.54. The smallest absolute Gasteiger partial charge is 0.132 e. The fourth-order valence-corrected chi connectivity index (χ4v) is 2.20. The van der Waals surface area contributed by atoms with E-state index in [1.807, 2.05) is 19.2 Å². The van der Waals surface area contributed by atoms with E-state index in [2.05, 4.69) is 50.5 Å². The van der Waals surface area contributed by atoms with Crippen molar-refractivity contribution in [3.63, 3.8) is 0 Å². The summed E-state index contributed by atoms with van der Waals surface area (Å²) < 4.78 is 3.05. The molecule has 0 aliphatic carbocycles. The van der Waals surface area contributed by atoms with Gasteiger partial charge < -0.3 is 5.32 Å². The third-order valence-electron chi connectivity index (χ3n) is 2.42. The Kier molecular flexibility index (Phi) is 2.69. The highest BCUT2D eigenvalue weighted by atomic mass is 79.9. The number of pyridine rings is 1. The fourth-order valence-electron chi connectivity index (χ4n) is 1.71. The van der Waals surface area contributed by atoms with Gasteiger partial charge in [0.15, 0.2) is 0 Å². The fraction of sp³-hybridized carbons (Fsp3) is 0.364. The lowest BCUT2D eigenvalue weighted by Gasteiger charge is -2.09. The first kappa shape index (κ1) is 10.5. The van der Waals surface area contributed by atoms with E-state index < -0.39 is 0 Å². The van der Waals surface area contributed by atoms with Crippen LogP contribution < -0.4 is 5.32 Å². The third kappa shape index (κ3) is 1.63. The quantitative estimate of drug-likeness (QED) is 0.905. The summed E-state index contributed by atoms with van der Waals surface area (Å²) in [5.41, 5.74) is 1.10. The van der Waals surface area contributed by atoms with E-state index in [9.17, 15) is 0 Å². The second-order valence-corrected chi connectivity index (χ2v) is 4.55. The Hall–Kier alpha value is -1.03. The third-order valence-corrected chi connectivity index (χ3v) is 3.00. The van der Waals surface area contributed by atoms with Crippen molar-refractivity contribution >= 4 is 27.3 Å². The van der Waals surface area contributed by atoms with Gasteiger partial charge in [-0.1, -0.05) is 19.9 Å². The van der Waals surface area contributed by atoms with Gasteiger partial charge in [-0.2, -0.15) is 0 Å². The van der Waals surface area contributed by atoms with E-state index in [1.165, 1.54) is 0 Å². The van der Waals surface area contributed by atoms with Crippen LogP contribution in [0.3, 0.4) is 0 Å². The molecule has 2 heterocycles. The van der Waals surface area contributed by atoms with Crippen LogP contribution >= 0.6 is 15.9 Å². The summed E-state index contributed by atoms with van der Waals surface area (Å²) >= 11 is 3.49. The average molecular weight is 268 g/mol. The average Bonchev–Trinajstić information content (AvgIpc) is 2.56. The van der Waals surface area contributed by atoms with Crippen LogP contribution in [0.2, 0.25) is 0 Å². The summed E-state index contributed by atoms with van der Waals surface area (Å²) in [6, 6.07) is 6.13. The van der Waals surface area contributed by atoms with Crippen LogP contribution in [0, 0.1) is 0 Å². The highest BCUT2D eigenvalue weighted by Gasteiger charge is 2.13. The molecule has 0 atom stereocenters. The van der Waals surface area contributed by atoms with E-state index in [-0.39, 0.29) is 0 Å². The Balaban J connectivity index is 2.82. The predicted octanol–water partition coefficient (Wildman–Crippen LogP) is 3.26. The molecule has 0 amide bonds. The monoisotopic (exact) mass is 267 g/mol. The Morgan fingerprint density at radius 3 is 2.73 bits per heavy atom. The van der Waals surface area contributed by atoms with Crippen molar-refractivity contribution in [2.75, 3.05) is 12.4 Å². The molecule has 2 rings (SSSR count). The molecule has 0 aromatic carbocycles. The Bertz CT molecular complexity index is 488. The second-order valence-electron chi connectivity index (χ2n) is 3.80. The molecule has 3 nitrogen and oxygen atoms in total. The number of nitrogens with one attached hydrogen (secondary N) is 1. The van der Waals surface area contributed by atoms with E-state index in [4.69, 9.17) is 0 Å². The molecule has 0 aliphatic rings. The SMILES string of the molecule is CNc1cccc2c(Br)nc(C(C)C)n12. The molecule has 80 valence electrons. The highest BCUT2D eigenvalue weighted by Crippen LogP contribution is 2.26. The van der Waals surface area contributed by atoms with Gasteiger partial charge in [-0.25, -0.2) is 4.98 Å². The van der Waals surface area contributed by atoms with Gasteiger partial charge in [-0.15, -0.1) is 0 Å². The zero-order chi connectivity index (χ0) is 11.0. The molecule has 0 spiro atoms. The molecule has 15 heavy (non-hydrogen) atoms. The first-order valence-electron chi connectivity index (χ1n) is 4.99. The number of imidazole rings is 1. The first-order chi connectivity index (χ1) is 7.15. The van der Waals surface area contributed by atoms with Crippen molar-refractivity contribution in [3.8, 4) is 0 Å². The van der Waals surface area contributed by atoms with Crippen LogP contribution in [-0.4, -0.2) is 16.4 Å². The van der Waals surface area contributed by atoms with Crippen LogP contribution in [0.1, 0.15) is 25.6 Å². The minimum absolute atomic E-state index is 0.401. The zero-order valence-electron chi connectivity index (χ0n) is 9.08. The van der Waals surface area contributed by atoms with Crippen LogP contribution in [-0.2, 0) is 0 Å². The molecule has 0 saturated carbocycles. The minimum Gasteiger partial charge on any atom is -0.374 e. The summed E-state index contributed by atoms with van der Waals surface area (Å²) in [6.07, 6.45) is 0. The first-order valence-corrected chi connectivity index (χ1v) is 5.79. The van der Waals surface area contributed by atoms with Gasteiger partial charge in [0.1, 0.15) is 16.2 Å². The van der Waals surface area contributed by atoms with E-state index >= 15 is 0 Å². The van der Waals surface area contributed by atoms with Crippen molar-refractivity contribution in [3.05, 3.63) is 28.6 Å². The maximum absolute atomic E-state index is 4.54. The number of hydrogen-bond acceptors (Lipinski definition) is 2. The number of halogens is 1. The molecule has 2 aromatic rings. The second kappa shape index (κ2) is 3.85. The van der Waals surface area contributed by atoms with Gasteiger partial charge in [0, 0.05) is 13.0 Å². The van der Waals surface area contributed by atoms with Crippen molar-refractivity contribution in [1.82, 2.24) is 9.38 Å². The number of aromatic nitrogens is 2. The van der Waals surface area contributed by atoms with Crippen LogP contribution in [0.25, 0.3) is 5.52 Å².